The van der Waals surface area contributed by atoms with Gasteiger partial charge in [-0.3, -0.25) is 0 Å². The average molecular weight is 271 g/mol. The molecule has 0 atom stereocenters. The molecule has 0 rings (SSSR count). The van der Waals surface area contributed by atoms with Gasteiger partial charge in [0, 0.05) is 5.41 Å². The average Bonchev–Trinajstić information content (AvgIpc) is 2.31. The molecule has 0 aliphatic rings. The van der Waals surface area contributed by atoms with E-state index in [0.717, 1.165) is 31.8 Å². The zero-order chi connectivity index (χ0) is 15.1. The van der Waals surface area contributed by atoms with Crippen LogP contribution in [0.1, 0.15) is 54.4 Å². The van der Waals surface area contributed by atoms with Crippen molar-refractivity contribution in [1.82, 2.24) is 5.32 Å². The van der Waals surface area contributed by atoms with Crippen LogP contribution in [0.3, 0.4) is 0 Å². The first-order chi connectivity index (χ1) is 8.72. The zero-order valence-corrected chi connectivity index (χ0v) is 13.5. The number of nitrogens with zero attached hydrogens (tertiary/aromatic N) is 1. The van der Waals surface area contributed by atoms with Crippen molar-refractivity contribution in [3.05, 3.63) is 0 Å². The van der Waals surface area contributed by atoms with E-state index in [2.05, 4.69) is 38.2 Å². The van der Waals surface area contributed by atoms with E-state index in [1.165, 1.54) is 0 Å². The van der Waals surface area contributed by atoms with E-state index >= 15 is 0 Å². The Hall–Kier alpha value is -0.770. The van der Waals surface area contributed by atoms with E-state index in [1.807, 2.05) is 13.8 Å². The summed E-state index contributed by atoms with van der Waals surface area (Å²) < 4.78 is 0. The molecule has 0 bridgehead atoms. The third-order valence-corrected chi connectivity index (χ3v) is 4.05. The second kappa shape index (κ2) is 8.41. The summed E-state index contributed by atoms with van der Waals surface area (Å²) >= 11 is 0. The number of oxime groups is 1. The van der Waals surface area contributed by atoms with Crippen LogP contribution >= 0.6 is 0 Å². The standard InChI is InChI=1S/C15H33N3O/c1-11(2)13(12(3)4)10-17-9-7-8-15(5,6)14(16)18-19/h11-13,17,19H,7-10H2,1-6H3,(H2,16,18). The third-order valence-electron chi connectivity index (χ3n) is 4.05. The molecule has 0 saturated carbocycles. The highest BCUT2D eigenvalue weighted by molar-refractivity contribution is 5.85. The minimum Gasteiger partial charge on any atom is -0.409 e. The smallest absolute Gasteiger partial charge is 0.144 e. The molecule has 4 nitrogen and oxygen atoms in total. The van der Waals surface area contributed by atoms with Gasteiger partial charge in [0.15, 0.2) is 0 Å². The van der Waals surface area contributed by atoms with E-state index in [1.54, 1.807) is 0 Å². The van der Waals surface area contributed by atoms with Crippen LogP contribution in [0.15, 0.2) is 5.16 Å². The maximum Gasteiger partial charge on any atom is 0.144 e. The fourth-order valence-corrected chi connectivity index (χ4v) is 2.43. The van der Waals surface area contributed by atoms with Crippen LogP contribution in [-0.2, 0) is 0 Å². The monoisotopic (exact) mass is 271 g/mol. The lowest BCUT2D eigenvalue weighted by atomic mass is 9.85. The number of nitrogens with two attached hydrogens (primary N) is 1. The Kier molecular flexibility index (Phi) is 8.07. The molecule has 0 unspecified atom stereocenters. The van der Waals surface area contributed by atoms with Crippen LogP contribution in [0.4, 0.5) is 0 Å². The van der Waals surface area contributed by atoms with Gasteiger partial charge in [-0.15, -0.1) is 0 Å². The van der Waals surface area contributed by atoms with Crippen molar-refractivity contribution in [2.24, 2.45) is 34.1 Å². The quantitative estimate of drug-likeness (QED) is 0.198. The van der Waals surface area contributed by atoms with Crippen LogP contribution in [0.2, 0.25) is 0 Å². The molecule has 0 aliphatic heterocycles. The van der Waals surface area contributed by atoms with Gasteiger partial charge in [0.1, 0.15) is 5.84 Å². The van der Waals surface area contributed by atoms with E-state index in [-0.39, 0.29) is 5.41 Å². The van der Waals surface area contributed by atoms with Gasteiger partial charge < -0.3 is 16.3 Å². The minimum atomic E-state index is -0.230. The van der Waals surface area contributed by atoms with E-state index in [9.17, 15) is 0 Å². The number of hydrogen-bond donors (Lipinski definition) is 3. The summed E-state index contributed by atoms with van der Waals surface area (Å²) in [7, 11) is 0. The second-order valence-corrected chi connectivity index (χ2v) is 6.83. The lowest BCUT2D eigenvalue weighted by Crippen LogP contribution is -2.34. The van der Waals surface area contributed by atoms with Gasteiger partial charge in [-0.1, -0.05) is 46.7 Å². The van der Waals surface area contributed by atoms with Crippen LogP contribution in [0, 0.1) is 23.2 Å². The summed E-state index contributed by atoms with van der Waals surface area (Å²) in [4.78, 5) is 0. The van der Waals surface area contributed by atoms with Crippen LogP contribution in [0.25, 0.3) is 0 Å². The zero-order valence-electron chi connectivity index (χ0n) is 13.5. The molecule has 0 saturated heterocycles. The molecule has 114 valence electrons. The number of nitrogens with one attached hydrogen (secondary N) is 1. The molecule has 0 radical (unpaired) electrons. The normalized spacial score (nSPS) is 13.8. The maximum atomic E-state index is 8.72. The molecular weight excluding hydrogens is 238 g/mol. The molecule has 0 fully saturated rings. The van der Waals surface area contributed by atoms with E-state index in [0.29, 0.717) is 17.7 Å². The summed E-state index contributed by atoms with van der Waals surface area (Å²) in [6.45, 7) is 15.2. The lowest BCUT2D eigenvalue weighted by Gasteiger charge is -2.26. The van der Waals surface area contributed by atoms with Crippen LogP contribution in [0.5, 0.6) is 0 Å². The molecule has 0 aromatic rings. The highest BCUT2D eigenvalue weighted by atomic mass is 16.4. The summed E-state index contributed by atoms with van der Waals surface area (Å²) in [6, 6.07) is 0. The molecule has 4 N–H and O–H groups in total. The maximum absolute atomic E-state index is 8.72. The first kappa shape index (κ1) is 18.2. The summed E-state index contributed by atoms with van der Waals surface area (Å²) in [6.07, 6.45) is 1.95. The van der Waals surface area contributed by atoms with Crippen molar-refractivity contribution >= 4 is 5.84 Å². The van der Waals surface area contributed by atoms with Crippen molar-refractivity contribution in [1.29, 1.82) is 0 Å². The SMILES string of the molecule is CC(C)C(CNCCCC(C)(C)C(N)=NO)C(C)C. The highest BCUT2D eigenvalue weighted by Gasteiger charge is 2.23. The topological polar surface area (TPSA) is 70.6 Å². The van der Waals surface area contributed by atoms with Gasteiger partial charge in [0.2, 0.25) is 0 Å². The summed E-state index contributed by atoms with van der Waals surface area (Å²) in [5.74, 6) is 2.45. The number of rotatable bonds is 9. The van der Waals surface area contributed by atoms with Gasteiger partial charge in [0.25, 0.3) is 0 Å². The Bertz CT molecular complexity index is 265. The van der Waals surface area contributed by atoms with Crippen molar-refractivity contribution in [3.8, 4) is 0 Å². The van der Waals surface area contributed by atoms with Crippen LogP contribution in [-0.4, -0.2) is 24.1 Å². The second-order valence-electron chi connectivity index (χ2n) is 6.83. The Morgan fingerprint density at radius 3 is 2.16 bits per heavy atom. The fraction of sp³-hybridized carbons (Fsp3) is 0.933. The summed E-state index contributed by atoms with van der Waals surface area (Å²) in [5.41, 5.74) is 5.44. The van der Waals surface area contributed by atoms with Gasteiger partial charge in [-0.25, -0.2) is 0 Å². The predicted octanol–water partition coefficient (Wildman–Crippen LogP) is 3.06. The fourth-order valence-electron chi connectivity index (χ4n) is 2.43. The first-order valence-corrected chi connectivity index (χ1v) is 7.41. The number of amidine groups is 1. The molecule has 0 amide bonds. The van der Waals surface area contributed by atoms with Crippen molar-refractivity contribution in [2.45, 2.75) is 54.4 Å². The van der Waals surface area contributed by atoms with E-state index in [4.69, 9.17) is 10.9 Å². The summed E-state index contributed by atoms with van der Waals surface area (Å²) in [5, 5.41) is 15.4. The Morgan fingerprint density at radius 1 is 1.21 bits per heavy atom. The first-order valence-electron chi connectivity index (χ1n) is 7.41. The van der Waals surface area contributed by atoms with E-state index < -0.39 is 0 Å². The Labute approximate surface area is 118 Å². The van der Waals surface area contributed by atoms with Crippen molar-refractivity contribution in [3.63, 3.8) is 0 Å². The van der Waals surface area contributed by atoms with Crippen molar-refractivity contribution < 1.29 is 5.21 Å². The molecule has 19 heavy (non-hydrogen) atoms. The van der Waals surface area contributed by atoms with Gasteiger partial charge >= 0.3 is 0 Å². The molecule has 0 heterocycles. The molecule has 4 heteroatoms. The number of hydrogen-bond acceptors (Lipinski definition) is 3. The largest absolute Gasteiger partial charge is 0.409 e. The minimum absolute atomic E-state index is 0.230. The molecule has 0 aromatic heterocycles. The Morgan fingerprint density at radius 2 is 1.74 bits per heavy atom. The molecule has 0 aliphatic carbocycles. The lowest BCUT2D eigenvalue weighted by molar-refractivity contribution is 0.273. The molecule has 0 aromatic carbocycles. The third kappa shape index (κ3) is 6.81. The van der Waals surface area contributed by atoms with Gasteiger partial charge in [0.05, 0.1) is 0 Å². The van der Waals surface area contributed by atoms with Gasteiger partial charge in [-0.05, 0) is 43.7 Å². The Balaban J connectivity index is 3.93. The van der Waals surface area contributed by atoms with Crippen LogP contribution < -0.4 is 11.1 Å². The molecule has 0 spiro atoms. The molecular formula is C15H33N3O. The van der Waals surface area contributed by atoms with Crippen molar-refractivity contribution in [2.75, 3.05) is 13.1 Å². The van der Waals surface area contributed by atoms with Gasteiger partial charge in [-0.2, -0.15) is 0 Å². The highest BCUT2D eigenvalue weighted by Crippen LogP contribution is 2.22. The predicted molar refractivity (Wildman–Crippen MR) is 82.5 cm³/mol.